The summed E-state index contributed by atoms with van der Waals surface area (Å²) in [5, 5.41) is 9.15. The van der Waals surface area contributed by atoms with Gasteiger partial charge in [-0.3, -0.25) is 0 Å². The summed E-state index contributed by atoms with van der Waals surface area (Å²) in [6, 6.07) is 3.01. The molecule has 1 N–H and O–H groups in total. The lowest BCUT2D eigenvalue weighted by molar-refractivity contribution is 0.0518. The Morgan fingerprint density at radius 2 is 2.38 bits per heavy atom. The minimum absolute atomic E-state index is 0.0996. The van der Waals surface area contributed by atoms with Gasteiger partial charge in [-0.1, -0.05) is 0 Å². The monoisotopic (exact) mass is 245 g/mol. The van der Waals surface area contributed by atoms with Crippen molar-refractivity contribution in [3.05, 3.63) is 22.3 Å². The summed E-state index contributed by atoms with van der Waals surface area (Å²) in [5.41, 5.74) is 0.0996. The molecule has 1 aromatic rings. The van der Waals surface area contributed by atoms with E-state index in [1.165, 1.54) is 12.1 Å². The lowest BCUT2D eigenvalue weighted by Crippen LogP contribution is -2.06. The topological polar surface area (TPSA) is 59.4 Å². The summed E-state index contributed by atoms with van der Waals surface area (Å²) < 4.78 is 5.14. The van der Waals surface area contributed by atoms with Gasteiger partial charge in [0, 0.05) is 0 Å². The molecule has 1 rings (SSSR count). The number of carbonyl (C=O) groups is 1. The van der Waals surface area contributed by atoms with Crippen molar-refractivity contribution in [2.24, 2.45) is 0 Å². The quantitative estimate of drug-likeness (QED) is 0.807. The van der Waals surface area contributed by atoms with Crippen LogP contribution < -0.4 is 0 Å². The van der Waals surface area contributed by atoms with E-state index in [9.17, 15) is 4.79 Å². The number of ether oxygens (including phenoxy) is 1. The number of aromatic nitrogens is 1. The molecular weight excluding hydrogens is 238 g/mol. The fraction of sp³-hybridized carbons (Fsp3) is 0.250. The number of rotatable bonds is 2. The van der Waals surface area contributed by atoms with Crippen LogP contribution in [0.1, 0.15) is 17.4 Å². The smallest absolute Gasteiger partial charge is 0.357 e. The van der Waals surface area contributed by atoms with Crippen LogP contribution >= 0.6 is 15.9 Å². The SMILES string of the molecule is CCOC(=O)c1ccc(Br)c(O)n1. The van der Waals surface area contributed by atoms with Gasteiger partial charge in [-0.25, -0.2) is 9.78 Å². The maximum Gasteiger partial charge on any atom is 0.357 e. The number of halogens is 1. The molecule has 0 aliphatic carbocycles. The third kappa shape index (κ3) is 2.42. The van der Waals surface area contributed by atoms with Crippen LogP contribution in [-0.4, -0.2) is 22.7 Å². The summed E-state index contributed by atoms with van der Waals surface area (Å²) in [6.07, 6.45) is 0. The largest absolute Gasteiger partial charge is 0.492 e. The molecule has 0 saturated heterocycles. The molecule has 4 nitrogen and oxygen atoms in total. The van der Waals surface area contributed by atoms with E-state index in [4.69, 9.17) is 9.84 Å². The molecule has 0 bridgehead atoms. The Hall–Kier alpha value is -1.10. The van der Waals surface area contributed by atoms with Crippen LogP contribution in [0, 0.1) is 0 Å². The molecule has 13 heavy (non-hydrogen) atoms. The lowest BCUT2D eigenvalue weighted by Gasteiger charge is -2.01. The first kappa shape index (κ1) is 9.98. The zero-order chi connectivity index (χ0) is 9.84. The van der Waals surface area contributed by atoms with E-state index in [0.29, 0.717) is 4.47 Å². The molecule has 0 aliphatic rings. The molecule has 1 aromatic heterocycles. The molecule has 0 aromatic carbocycles. The molecule has 0 aliphatic heterocycles. The van der Waals surface area contributed by atoms with E-state index >= 15 is 0 Å². The first-order chi connectivity index (χ1) is 6.15. The number of esters is 1. The van der Waals surface area contributed by atoms with Gasteiger partial charge in [0.15, 0.2) is 5.69 Å². The minimum atomic E-state index is -0.537. The molecule has 0 saturated carbocycles. The van der Waals surface area contributed by atoms with Gasteiger partial charge >= 0.3 is 5.97 Å². The Morgan fingerprint density at radius 1 is 1.69 bits per heavy atom. The highest BCUT2D eigenvalue weighted by Crippen LogP contribution is 2.20. The van der Waals surface area contributed by atoms with Crippen LogP contribution in [0.25, 0.3) is 0 Å². The van der Waals surface area contributed by atoms with Gasteiger partial charge < -0.3 is 9.84 Å². The predicted molar refractivity (Wildman–Crippen MR) is 49.6 cm³/mol. The Labute approximate surface area is 83.7 Å². The van der Waals surface area contributed by atoms with Crippen molar-refractivity contribution in [2.45, 2.75) is 6.92 Å². The van der Waals surface area contributed by atoms with Gasteiger partial charge in [-0.15, -0.1) is 0 Å². The van der Waals surface area contributed by atoms with Crippen molar-refractivity contribution in [3.63, 3.8) is 0 Å². The van der Waals surface area contributed by atoms with Crippen LogP contribution in [0.4, 0.5) is 0 Å². The highest BCUT2D eigenvalue weighted by atomic mass is 79.9. The Kier molecular flexibility index (Phi) is 3.25. The van der Waals surface area contributed by atoms with Gasteiger partial charge in [0.25, 0.3) is 0 Å². The van der Waals surface area contributed by atoms with Crippen molar-refractivity contribution in [1.29, 1.82) is 0 Å². The van der Waals surface area contributed by atoms with Crippen molar-refractivity contribution < 1.29 is 14.6 Å². The second-order valence-electron chi connectivity index (χ2n) is 2.22. The zero-order valence-corrected chi connectivity index (χ0v) is 8.54. The predicted octanol–water partition coefficient (Wildman–Crippen LogP) is 1.73. The van der Waals surface area contributed by atoms with Crippen molar-refractivity contribution in [1.82, 2.24) is 4.98 Å². The van der Waals surface area contributed by atoms with E-state index < -0.39 is 5.97 Å². The second-order valence-corrected chi connectivity index (χ2v) is 3.08. The molecule has 0 fully saturated rings. The average molecular weight is 246 g/mol. The van der Waals surface area contributed by atoms with Crippen LogP contribution in [0.2, 0.25) is 0 Å². The fourth-order valence-corrected chi connectivity index (χ4v) is 0.971. The Balaban J connectivity index is 2.90. The molecule has 0 atom stereocenters. The number of pyridine rings is 1. The molecule has 0 spiro atoms. The first-order valence-corrected chi connectivity index (χ1v) is 4.47. The van der Waals surface area contributed by atoms with E-state index in [1.807, 2.05) is 0 Å². The van der Waals surface area contributed by atoms with Gasteiger partial charge in [0.1, 0.15) is 0 Å². The molecule has 0 amide bonds. The highest BCUT2D eigenvalue weighted by molar-refractivity contribution is 9.10. The molecule has 0 unspecified atom stereocenters. The fourth-order valence-electron chi connectivity index (χ4n) is 0.750. The summed E-state index contributed by atoms with van der Waals surface area (Å²) in [6.45, 7) is 1.99. The number of hydrogen-bond donors (Lipinski definition) is 1. The third-order valence-corrected chi connectivity index (χ3v) is 1.93. The van der Waals surface area contributed by atoms with E-state index in [1.54, 1.807) is 6.92 Å². The second kappa shape index (κ2) is 4.23. The summed E-state index contributed by atoms with van der Waals surface area (Å²) in [5.74, 6) is -0.754. The van der Waals surface area contributed by atoms with Crippen LogP contribution in [-0.2, 0) is 4.74 Å². The number of aromatic hydroxyl groups is 1. The Bertz CT molecular complexity index is 327. The highest BCUT2D eigenvalue weighted by Gasteiger charge is 2.10. The summed E-state index contributed by atoms with van der Waals surface area (Å²) in [4.78, 5) is 14.7. The summed E-state index contributed by atoms with van der Waals surface area (Å²) >= 11 is 3.05. The van der Waals surface area contributed by atoms with E-state index in [2.05, 4.69) is 20.9 Å². The lowest BCUT2D eigenvalue weighted by atomic mass is 10.3. The number of nitrogens with zero attached hydrogens (tertiary/aromatic N) is 1. The van der Waals surface area contributed by atoms with Gasteiger partial charge in [-0.05, 0) is 35.0 Å². The van der Waals surface area contributed by atoms with E-state index in [-0.39, 0.29) is 18.2 Å². The van der Waals surface area contributed by atoms with Gasteiger partial charge in [0.2, 0.25) is 5.88 Å². The third-order valence-electron chi connectivity index (χ3n) is 1.31. The van der Waals surface area contributed by atoms with Crippen LogP contribution in [0.5, 0.6) is 5.88 Å². The Morgan fingerprint density at radius 3 is 2.92 bits per heavy atom. The maximum absolute atomic E-state index is 11.1. The first-order valence-electron chi connectivity index (χ1n) is 3.67. The average Bonchev–Trinajstić information content (AvgIpc) is 2.10. The molecule has 70 valence electrons. The normalized spacial score (nSPS) is 9.69. The van der Waals surface area contributed by atoms with Crippen LogP contribution in [0.3, 0.4) is 0 Å². The van der Waals surface area contributed by atoms with Crippen molar-refractivity contribution >= 4 is 21.9 Å². The van der Waals surface area contributed by atoms with Crippen molar-refractivity contribution in [3.8, 4) is 5.88 Å². The van der Waals surface area contributed by atoms with E-state index in [0.717, 1.165) is 0 Å². The summed E-state index contributed by atoms with van der Waals surface area (Å²) in [7, 11) is 0. The number of hydrogen-bond acceptors (Lipinski definition) is 4. The number of carbonyl (C=O) groups excluding carboxylic acids is 1. The van der Waals surface area contributed by atoms with Gasteiger partial charge in [0.05, 0.1) is 11.1 Å². The molecular formula is C8H8BrNO3. The van der Waals surface area contributed by atoms with Crippen LogP contribution in [0.15, 0.2) is 16.6 Å². The zero-order valence-electron chi connectivity index (χ0n) is 6.95. The van der Waals surface area contributed by atoms with Gasteiger partial charge in [-0.2, -0.15) is 0 Å². The minimum Gasteiger partial charge on any atom is -0.492 e. The molecule has 5 heteroatoms. The molecule has 1 heterocycles. The van der Waals surface area contributed by atoms with Crippen molar-refractivity contribution in [2.75, 3.05) is 6.61 Å². The maximum atomic E-state index is 11.1. The standard InChI is InChI=1S/C8H8BrNO3/c1-2-13-8(12)6-4-3-5(9)7(11)10-6/h3-4H,2H2,1H3,(H,10,11). The molecule has 0 radical (unpaired) electrons.